The van der Waals surface area contributed by atoms with Crippen LogP contribution in [0.15, 0.2) is 48.7 Å². The largest absolute Gasteiger partial charge is 0.483 e. The number of carbonyl (C=O) groups is 2. The third-order valence-electron chi connectivity index (χ3n) is 4.46. The van der Waals surface area contributed by atoms with Gasteiger partial charge < -0.3 is 20.1 Å². The van der Waals surface area contributed by atoms with Crippen LogP contribution < -0.4 is 10.1 Å². The lowest BCUT2D eigenvalue weighted by Crippen LogP contribution is -2.44. The van der Waals surface area contributed by atoms with E-state index < -0.39 is 29.4 Å². The summed E-state index contributed by atoms with van der Waals surface area (Å²) in [6.07, 6.45) is 1.84. The molecule has 1 amide bonds. The lowest BCUT2D eigenvalue weighted by Gasteiger charge is -2.15. The van der Waals surface area contributed by atoms with E-state index >= 15 is 0 Å². The molecule has 0 bridgehead atoms. The van der Waals surface area contributed by atoms with Crippen molar-refractivity contribution in [2.75, 3.05) is 6.61 Å². The van der Waals surface area contributed by atoms with Crippen LogP contribution in [-0.4, -0.2) is 39.5 Å². The van der Waals surface area contributed by atoms with E-state index in [0.29, 0.717) is 11.3 Å². The van der Waals surface area contributed by atoms with Crippen LogP contribution in [0.3, 0.4) is 0 Å². The van der Waals surface area contributed by atoms with Gasteiger partial charge in [0.2, 0.25) is 0 Å². The van der Waals surface area contributed by atoms with Crippen molar-refractivity contribution in [2.45, 2.75) is 19.4 Å². The molecule has 0 radical (unpaired) electrons. The predicted molar refractivity (Wildman–Crippen MR) is 105 cm³/mol. The summed E-state index contributed by atoms with van der Waals surface area (Å²) >= 11 is 0. The third kappa shape index (κ3) is 4.70. The minimum atomic E-state index is -1.16. The molecular formula is C20H19N3O6. The van der Waals surface area contributed by atoms with Gasteiger partial charge in [0.25, 0.3) is 11.6 Å². The molecule has 1 atom stereocenters. The molecule has 0 aliphatic rings. The maximum absolute atomic E-state index is 12.2. The number of aromatic amines is 1. The molecule has 0 saturated heterocycles. The van der Waals surface area contributed by atoms with Crippen molar-refractivity contribution >= 4 is 28.5 Å². The van der Waals surface area contributed by atoms with E-state index in [1.165, 1.54) is 18.2 Å². The number of hydrogen-bond donors (Lipinski definition) is 3. The summed E-state index contributed by atoms with van der Waals surface area (Å²) in [4.78, 5) is 37.1. The number of non-ortho nitro benzene ring substituents is 1. The molecule has 29 heavy (non-hydrogen) atoms. The highest BCUT2D eigenvalue weighted by molar-refractivity contribution is 5.87. The number of nitro benzene ring substituents is 1. The Hall–Kier alpha value is -3.88. The number of aromatic nitrogens is 1. The van der Waals surface area contributed by atoms with Crippen LogP contribution in [0, 0.1) is 17.0 Å². The number of amides is 1. The molecule has 0 spiro atoms. The predicted octanol–water partition coefficient (Wildman–Crippen LogP) is 2.58. The average molecular weight is 397 g/mol. The van der Waals surface area contributed by atoms with E-state index in [2.05, 4.69) is 10.3 Å². The summed E-state index contributed by atoms with van der Waals surface area (Å²) in [6, 6.07) is 10.4. The van der Waals surface area contributed by atoms with Gasteiger partial charge in [0.05, 0.1) is 4.92 Å². The Morgan fingerprint density at radius 2 is 2.03 bits per heavy atom. The molecule has 150 valence electrons. The van der Waals surface area contributed by atoms with Crippen molar-refractivity contribution in [3.8, 4) is 5.75 Å². The molecule has 1 heterocycles. The molecular weight excluding hydrogens is 378 g/mol. The summed E-state index contributed by atoms with van der Waals surface area (Å²) in [7, 11) is 0. The molecule has 9 heteroatoms. The number of aryl methyl sites for hydroxylation is 1. The molecule has 0 saturated carbocycles. The number of carboxylic acids is 1. The maximum atomic E-state index is 12.2. The van der Waals surface area contributed by atoms with E-state index in [4.69, 9.17) is 4.74 Å². The number of aliphatic carboxylic acids is 1. The zero-order chi connectivity index (χ0) is 21.0. The standard InChI is InChI=1S/C20H19N3O6/c1-12-8-14(23(27)28)6-7-18(12)29-11-19(24)22-17(20(25)26)9-13-10-21-16-5-3-2-4-15(13)16/h2-8,10,17,21H,9,11H2,1H3,(H,22,24)(H,25,26). The van der Waals surface area contributed by atoms with Crippen LogP contribution in [0.4, 0.5) is 5.69 Å². The van der Waals surface area contributed by atoms with Gasteiger partial charge in [-0.25, -0.2) is 4.79 Å². The van der Waals surface area contributed by atoms with Gasteiger partial charge in [-0.1, -0.05) is 18.2 Å². The maximum Gasteiger partial charge on any atom is 0.326 e. The van der Waals surface area contributed by atoms with Crippen molar-refractivity contribution < 1.29 is 24.4 Å². The smallest absolute Gasteiger partial charge is 0.326 e. The molecule has 0 fully saturated rings. The Kier molecular flexibility index (Phi) is 5.77. The quantitative estimate of drug-likeness (QED) is 0.395. The van der Waals surface area contributed by atoms with Crippen LogP contribution in [-0.2, 0) is 16.0 Å². The highest BCUT2D eigenvalue weighted by Gasteiger charge is 2.22. The Balaban J connectivity index is 1.63. The first-order chi connectivity index (χ1) is 13.8. The number of hydrogen-bond acceptors (Lipinski definition) is 5. The van der Waals surface area contributed by atoms with Gasteiger partial charge in [-0.05, 0) is 30.2 Å². The van der Waals surface area contributed by atoms with Gasteiger partial charge in [0, 0.05) is 35.7 Å². The highest BCUT2D eigenvalue weighted by atomic mass is 16.6. The Labute approximate surface area is 165 Å². The number of rotatable bonds is 8. The molecule has 1 unspecified atom stereocenters. The van der Waals surface area contributed by atoms with Crippen LogP contribution in [0.2, 0.25) is 0 Å². The third-order valence-corrected chi connectivity index (χ3v) is 4.46. The molecule has 0 aliphatic heterocycles. The number of carboxylic acid groups (broad SMARTS) is 1. The fourth-order valence-corrected chi connectivity index (χ4v) is 3.01. The molecule has 3 rings (SSSR count). The lowest BCUT2D eigenvalue weighted by molar-refractivity contribution is -0.384. The molecule has 1 aromatic heterocycles. The van der Waals surface area contributed by atoms with Gasteiger partial charge in [0.15, 0.2) is 6.61 Å². The number of nitrogens with one attached hydrogen (secondary N) is 2. The van der Waals surface area contributed by atoms with E-state index in [1.54, 1.807) is 13.1 Å². The number of nitrogens with zero attached hydrogens (tertiary/aromatic N) is 1. The van der Waals surface area contributed by atoms with E-state index in [-0.39, 0.29) is 12.1 Å². The number of H-pyrrole nitrogens is 1. The first-order valence-electron chi connectivity index (χ1n) is 8.80. The van der Waals surface area contributed by atoms with E-state index in [0.717, 1.165) is 16.5 Å². The number of fused-ring (bicyclic) bond motifs is 1. The number of benzene rings is 2. The average Bonchev–Trinajstić information content (AvgIpc) is 3.09. The summed E-state index contributed by atoms with van der Waals surface area (Å²) in [6.45, 7) is 1.22. The fraction of sp³-hybridized carbons (Fsp3) is 0.200. The van der Waals surface area contributed by atoms with Gasteiger partial charge in [-0.3, -0.25) is 14.9 Å². The van der Waals surface area contributed by atoms with Crippen LogP contribution >= 0.6 is 0 Å². The number of para-hydroxylation sites is 1. The highest BCUT2D eigenvalue weighted by Crippen LogP contribution is 2.23. The minimum Gasteiger partial charge on any atom is -0.483 e. The second-order valence-electron chi connectivity index (χ2n) is 6.52. The summed E-state index contributed by atoms with van der Waals surface area (Å²) < 4.78 is 5.39. The number of nitro groups is 1. The molecule has 3 N–H and O–H groups in total. The van der Waals surface area contributed by atoms with E-state index in [9.17, 15) is 24.8 Å². The molecule has 9 nitrogen and oxygen atoms in total. The first-order valence-corrected chi connectivity index (χ1v) is 8.80. The molecule has 0 aliphatic carbocycles. The SMILES string of the molecule is Cc1cc([N+](=O)[O-])ccc1OCC(=O)NC(Cc1c[nH]c2ccccc12)C(=O)O. The Morgan fingerprint density at radius 3 is 2.72 bits per heavy atom. The topological polar surface area (TPSA) is 135 Å². The normalized spacial score (nSPS) is 11.8. The number of carbonyl (C=O) groups excluding carboxylic acids is 1. The van der Waals surface area contributed by atoms with Gasteiger partial charge >= 0.3 is 5.97 Å². The van der Waals surface area contributed by atoms with Crippen molar-refractivity contribution in [3.05, 3.63) is 69.9 Å². The first kappa shape index (κ1) is 19.9. The van der Waals surface area contributed by atoms with Crippen molar-refractivity contribution in [1.29, 1.82) is 0 Å². The second-order valence-corrected chi connectivity index (χ2v) is 6.52. The minimum absolute atomic E-state index is 0.0797. The number of ether oxygens (including phenoxy) is 1. The van der Waals surface area contributed by atoms with Crippen molar-refractivity contribution in [2.24, 2.45) is 0 Å². The fourth-order valence-electron chi connectivity index (χ4n) is 3.01. The summed E-state index contributed by atoms with van der Waals surface area (Å²) in [5.74, 6) is -1.45. The van der Waals surface area contributed by atoms with E-state index in [1.807, 2.05) is 24.3 Å². The Bertz CT molecular complexity index is 1080. The van der Waals surface area contributed by atoms with Gasteiger partial charge in [-0.15, -0.1) is 0 Å². The summed E-state index contributed by atoms with van der Waals surface area (Å²) in [5.41, 5.74) is 2.08. The van der Waals surface area contributed by atoms with Crippen molar-refractivity contribution in [3.63, 3.8) is 0 Å². The Morgan fingerprint density at radius 1 is 1.28 bits per heavy atom. The molecule has 3 aromatic rings. The van der Waals surface area contributed by atoms with Crippen LogP contribution in [0.5, 0.6) is 5.75 Å². The zero-order valence-corrected chi connectivity index (χ0v) is 15.5. The van der Waals surface area contributed by atoms with Crippen LogP contribution in [0.25, 0.3) is 10.9 Å². The monoisotopic (exact) mass is 397 g/mol. The zero-order valence-electron chi connectivity index (χ0n) is 15.5. The summed E-state index contributed by atoms with van der Waals surface area (Å²) in [5, 5.41) is 23.6. The molecule has 2 aromatic carbocycles. The van der Waals surface area contributed by atoms with Gasteiger partial charge in [-0.2, -0.15) is 0 Å². The van der Waals surface area contributed by atoms with Crippen LogP contribution in [0.1, 0.15) is 11.1 Å². The van der Waals surface area contributed by atoms with Crippen molar-refractivity contribution in [1.82, 2.24) is 10.3 Å². The van der Waals surface area contributed by atoms with Gasteiger partial charge in [0.1, 0.15) is 11.8 Å². The second kappa shape index (κ2) is 8.42. The lowest BCUT2D eigenvalue weighted by atomic mass is 10.1.